The van der Waals surface area contributed by atoms with Crippen LogP contribution in [0.15, 0.2) is 48.6 Å². The Morgan fingerprint density at radius 1 is 0.667 bits per heavy atom. The quantitative estimate of drug-likeness (QED) is 0.0213. The molecule has 4 atom stereocenters. The van der Waals surface area contributed by atoms with Crippen LogP contribution in [-0.4, -0.2) is 71.7 Å². The summed E-state index contributed by atoms with van der Waals surface area (Å²) in [6.45, 7) is 3.24. The number of unbranched alkanes of at least 4 members (excludes halogenated alkanes) is 10. The number of carbonyl (C=O) groups is 2. The van der Waals surface area contributed by atoms with Crippen LogP contribution in [0.1, 0.15) is 142 Å². The number of aliphatic hydroxyl groups excluding tert-OH is 2. The van der Waals surface area contributed by atoms with Crippen molar-refractivity contribution in [1.82, 2.24) is 0 Å². The third kappa shape index (κ3) is 33.5. The number of nitrogens with two attached hydrogens (primary N) is 1. The van der Waals surface area contributed by atoms with Gasteiger partial charge in [-0.15, -0.1) is 0 Å². The highest BCUT2D eigenvalue weighted by Gasteiger charge is 2.26. The average molecular weight is 744 g/mol. The van der Waals surface area contributed by atoms with E-state index in [1.54, 1.807) is 0 Å². The van der Waals surface area contributed by atoms with Crippen molar-refractivity contribution in [2.75, 3.05) is 26.4 Å². The zero-order valence-electron chi connectivity index (χ0n) is 31.5. The summed E-state index contributed by atoms with van der Waals surface area (Å²) in [4.78, 5) is 34.7. The van der Waals surface area contributed by atoms with Crippen LogP contribution in [0.4, 0.5) is 0 Å². The summed E-state index contributed by atoms with van der Waals surface area (Å²) in [5.74, 6) is -1.12. The van der Waals surface area contributed by atoms with Gasteiger partial charge in [-0.2, -0.15) is 0 Å². The van der Waals surface area contributed by atoms with Gasteiger partial charge >= 0.3 is 19.8 Å². The Kier molecular flexibility index (Phi) is 33.5. The number of allylic oxidation sites excluding steroid dienone is 7. The number of phosphoric acid groups is 1. The normalized spacial score (nSPS) is 15.2. The molecule has 0 aliphatic carbocycles. The predicted molar refractivity (Wildman–Crippen MR) is 204 cm³/mol. The molecule has 12 heteroatoms. The van der Waals surface area contributed by atoms with E-state index in [1.165, 1.54) is 44.9 Å². The number of hydrogen-bond acceptors (Lipinski definition) is 10. The third-order valence-electron chi connectivity index (χ3n) is 7.93. The van der Waals surface area contributed by atoms with Crippen molar-refractivity contribution in [1.29, 1.82) is 0 Å². The van der Waals surface area contributed by atoms with Crippen LogP contribution in [0.5, 0.6) is 0 Å². The Hall–Kier alpha value is -2.11. The zero-order valence-corrected chi connectivity index (χ0v) is 32.4. The van der Waals surface area contributed by atoms with Crippen LogP contribution in [0.25, 0.3) is 0 Å². The first-order chi connectivity index (χ1) is 24.6. The number of esters is 2. The molecule has 0 saturated heterocycles. The molecule has 0 heterocycles. The molecular formula is C39H70NO10P. The van der Waals surface area contributed by atoms with E-state index in [9.17, 15) is 29.3 Å². The van der Waals surface area contributed by atoms with Crippen molar-refractivity contribution >= 4 is 19.8 Å². The van der Waals surface area contributed by atoms with Gasteiger partial charge in [0.25, 0.3) is 0 Å². The second-order valence-electron chi connectivity index (χ2n) is 12.7. The van der Waals surface area contributed by atoms with Gasteiger partial charge in [0.05, 0.1) is 25.4 Å². The van der Waals surface area contributed by atoms with E-state index < -0.39 is 44.7 Å². The minimum absolute atomic E-state index is 0.00692. The summed E-state index contributed by atoms with van der Waals surface area (Å²) >= 11 is 0. The molecule has 0 aliphatic heterocycles. The van der Waals surface area contributed by atoms with Crippen LogP contribution in [0.3, 0.4) is 0 Å². The van der Waals surface area contributed by atoms with Crippen LogP contribution in [0.2, 0.25) is 0 Å². The largest absolute Gasteiger partial charge is 0.472 e. The molecule has 0 saturated carbocycles. The lowest BCUT2D eigenvalue weighted by Gasteiger charge is -2.20. The number of hydrogen-bond donors (Lipinski definition) is 4. The Balaban J connectivity index is 4.50. The minimum atomic E-state index is -4.45. The lowest BCUT2D eigenvalue weighted by atomic mass is 10.0. The van der Waals surface area contributed by atoms with Gasteiger partial charge < -0.3 is 30.3 Å². The Morgan fingerprint density at radius 2 is 1.20 bits per heavy atom. The number of aliphatic hydroxyl groups is 2. The Labute approximate surface area is 308 Å². The molecule has 1 unspecified atom stereocenters. The third-order valence-corrected chi connectivity index (χ3v) is 8.91. The van der Waals surface area contributed by atoms with Crippen molar-refractivity contribution in [3.63, 3.8) is 0 Å². The molecule has 0 radical (unpaired) electrons. The van der Waals surface area contributed by atoms with E-state index in [1.807, 2.05) is 18.2 Å². The topological polar surface area (TPSA) is 175 Å². The standard InChI is InChI=1S/C39H70NO10P/c1-3-5-7-9-11-13-15-17-18-20-22-24-27-36(41)37(42)28-26-30-39(44)50-35(34-49-51(45,46)48-32-31-40)33-47-38(43)29-25-23-21-19-16-14-12-10-8-6-4-2/h5,7,11,13,17-18,22,24,35-37,41-42H,3-4,6,8-10,12,14-16,19-21,23,25-34,40H2,1-2H3,(H,45,46)/b7-5-,13-11-,18-17-,24-22-/t35-,36-,37-/m1/s1. The predicted octanol–water partition coefficient (Wildman–Crippen LogP) is 8.32. The van der Waals surface area contributed by atoms with Crippen molar-refractivity contribution in [3.05, 3.63) is 48.6 Å². The molecular weight excluding hydrogens is 673 g/mol. The number of rotatable bonds is 35. The SMILES string of the molecule is CC/C=C\C/C=C\C/C=C\C/C=C\C[C@@H](O)[C@H](O)CCCC(=O)O[C@H](COC(=O)CCCCCCCCCCCCC)COP(=O)(O)OCCN. The van der Waals surface area contributed by atoms with Gasteiger partial charge in [-0.1, -0.05) is 127 Å². The van der Waals surface area contributed by atoms with Gasteiger partial charge in [-0.3, -0.25) is 18.6 Å². The van der Waals surface area contributed by atoms with Crippen molar-refractivity contribution in [2.24, 2.45) is 5.73 Å². The molecule has 0 aromatic carbocycles. The maximum atomic E-state index is 12.6. The molecule has 296 valence electrons. The molecule has 0 aromatic rings. The molecule has 11 nitrogen and oxygen atoms in total. The van der Waals surface area contributed by atoms with Gasteiger partial charge in [0.2, 0.25) is 0 Å². The smallest absolute Gasteiger partial charge is 0.462 e. The van der Waals surface area contributed by atoms with Gasteiger partial charge in [0.1, 0.15) is 6.61 Å². The highest BCUT2D eigenvalue weighted by molar-refractivity contribution is 7.47. The van der Waals surface area contributed by atoms with E-state index in [0.29, 0.717) is 6.42 Å². The zero-order chi connectivity index (χ0) is 37.8. The second kappa shape index (κ2) is 34.9. The highest BCUT2D eigenvalue weighted by Crippen LogP contribution is 2.43. The number of ether oxygens (including phenoxy) is 2. The van der Waals surface area contributed by atoms with E-state index >= 15 is 0 Å². The fourth-order valence-electron chi connectivity index (χ4n) is 4.96. The molecule has 5 N–H and O–H groups in total. The van der Waals surface area contributed by atoms with E-state index in [-0.39, 0.29) is 51.9 Å². The van der Waals surface area contributed by atoms with Gasteiger partial charge in [-0.05, 0) is 51.4 Å². The summed E-state index contributed by atoms with van der Waals surface area (Å²) in [6.07, 6.45) is 30.4. The molecule has 0 bridgehead atoms. The van der Waals surface area contributed by atoms with Crippen molar-refractivity contribution < 1.29 is 47.8 Å². The summed E-state index contributed by atoms with van der Waals surface area (Å²) < 4.78 is 32.4. The summed E-state index contributed by atoms with van der Waals surface area (Å²) in [5.41, 5.74) is 5.31. The molecule has 0 rings (SSSR count). The molecule has 51 heavy (non-hydrogen) atoms. The van der Waals surface area contributed by atoms with Gasteiger partial charge in [-0.25, -0.2) is 4.57 Å². The Bertz CT molecular complexity index is 1020. The summed E-state index contributed by atoms with van der Waals surface area (Å²) in [6, 6.07) is 0. The first kappa shape index (κ1) is 48.9. The molecule has 0 aromatic heterocycles. The number of phosphoric ester groups is 1. The van der Waals surface area contributed by atoms with Crippen molar-refractivity contribution in [2.45, 2.75) is 161 Å². The monoisotopic (exact) mass is 743 g/mol. The first-order valence-electron chi connectivity index (χ1n) is 19.3. The van der Waals surface area contributed by atoms with E-state index in [0.717, 1.165) is 44.9 Å². The van der Waals surface area contributed by atoms with Gasteiger partial charge in [0, 0.05) is 19.4 Å². The fourth-order valence-corrected chi connectivity index (χ4v) is 5.72. The molecule has 0 fully saturated rings. The van der Waals surface area contributed by atoms with Crippen LogP contribution < -0.4 is 5.73 Å². The maximum absolute atomic E-state index is 12.6. The maximum Gasteiger partial charge on any atom is 0.472 e. The number of carbonyl (C=O) groups excluding carboxylic acids is 2. The van der Waals surface area contributed by atoms with Gasteiger partial charge in [0.15, 0.2) is 6.10 Å². The second-order valence-corrected chi connectivity index (χ2v) is 14.2. The summed E-state index contributed by atoms with van der Waals surface area (Å²) in [5, 5.41) is 20.6. The molecule has 0 amide bonds. The van der Waals surface area contributed by atoms with E-state index in [2.05, 4.69) is 44.2 Å². The lowest BCUT2D eigenvalue weighted by molar-refractivity contribution is -0.161. The van der Waals surface area contributed by atoms with Crippen LogP contribution >= 0.6 is 7.82 Å². The van der Waals surface area contributed by atoms with E-state index in [4.69, 9.17) is 24.3 Å². The van der Waals surface area contributed by atoms with Crippen LogP contribution in [0, 0.1) is 0 Å². The summed E-state index contributed by atoms with van der Waals surface area (Å²) in [7, 11) is -4.45. The molecule has 0 aliphatic rings. The minimum Gasteiger partial charge on any atom is -0.462 e. The molecule has 0 spiro atoms. The fraction of sp³-hybridized carbons (Fsp3) is 0.744. The first-order valence-corrected chi connectivity index (χ1v) is 20.8. The Morgan fingerprint density at radius 3 is 1.76 bits per heavy atom. The average Bonchev–Trinajstić information content (AvgIpc) is 3.11. The highest BCUT2D eigenvalue weighted by atomic mass is 31.2. The van der Waals surface area contributed by atoms with Crippen molar-refractivity contribution in [3.8, 4) is 0 Å². The van der Waals surface area contributed by atoms with Crippen LogP contribution in [-0.2, 0) is 32.7 Å². The lowest BCUT2D eigenvalue weighted by Crippen LogP contribution is -2.30.